The lowest BCUT2D eigenvalue weighted by molar-refractivity contribution is -0.383. The van der Waals surface area contributed by atoms with Gasteiger partial charge in [0.05, 0.1) is 4.92 Å². The number of nitro groups is 1. The number of hydrogen-bond donors (Lipinski definition) is 2. The van der Waals surface area contributed by atoms with Gasteiger partial charge < -0.3 is 19.5 Å². The lowest BCUT2D eigenvalue weighted by Crippen LogP contribution is -2.14. The van der Waals surface area contributed by atoms with Crippen molar-refractivity contribution in [1.29, 1.82) is 0 Å². The summed E-state index contributed by atoms with van der Waals surface area (Å²) in [6, 6.07) is 10.1. The van der Waals surface area contributed by atoms with Crippen LogP contribution in [0.1, 0.15) is 32.6 Å². The number of carbonyl (C=O) groups is 2. The number of benzene rings is 1. The molecule has 9 heteroatoms. The van der Waals surface area contributed by atoms with E-state index < -0.39 is 16.7 Å². The first kappa shape index (κ1) is 17.9. The zero-order chi connectivity index (χ0) is 19.6. The molecule has 2 amide bonds. The van der Waals surface area contributed by atoms with Crippen LogP contribution >= 0.6 is 0 Å². The molecule has 9 nitrogen and oxygen atoms in total. The van der Waals surface area contributed by atoms with E-state index in [0.717, 1.165) is 0 Å². The van der Waals surface area contributed by atoms with Gasteiger partial charge in [-0.3, -0.25) is 19.7 Å². The number of anilines is 2. The van der Waals surface area contributed by atoms with E-state index in [1.165, 1.54) is 30.3 Å². The molecule has 138 valence electrons. The van der Waals surface area contributed by atoms with Gasteiger partial charge in [-0.2, -0.15) is 0 Å². The Morgan fingerprint density at radius 3 is 1.93 bits per heavy atom. The Kier molecular flexibility index (Phi) is 4.75. The van der Waals surface area contributed by atoms with Crippen LogP contribution in [0.5, 0.6) is 0 Å². The van der Waals surface area contributed by atoms with Crippen LogP contribution in [-0.2, 0) is 0 Å². The molecule has 0 spiro atoms. The minimum Gasteiger partial charge on any atom is -0.456 e. The predicted octanol–water partition coefficient (Wildman–Crippen LogP) is 3.90. The van der Waals surface area contributed by atoms with Crippen molar-refractivity contribution in [2.45, 2.75) is 13.8 Å². The molecular weight excluding hydrogens is 354 g/mol. The lowest BCUT2D eigenvalue weighted by Gasteiger charge is -2.08. The Morgan fingerprint density at radius 1 is 0.889 bits per heavy atom. The zero-order valence-corrected chi connectivity index (χ0v) is 14.4. The van der Waals surface area contributed by atoms with Crippen LogP contribution in [0.15, 0.2) is 51.3 Å². The van der Waals surface area contributed by atoms with Gasteiger partial charge in [0.15, 0.2) is 11.5 Å². The highest BCUT2D eigenvalue weighted by Crippen LogP contribution is 2.29. The molecule has 0 saturated heterocycles. The molecule has 2 N–H and O–H groups in total. The number of hydrogen-bond acceptors (Lipinski definition) is 6. The molecule has 0 saturated carbocycles. The molecule has 0 atom stereocenters. The first-order valence-electron chi connectivity index (χ1n) is 7.87. The monoisotopic (exact) mass is 369 g/mol. The Balaban J connectivity index is 1.85. The number of aryl methyl sites for hydroxylation is 2. The van der Waals surface area contributed by atoms with Crippen molar-refractivity contribution in [3.05, 3.63) is 75.6 Å². The number of carbonyl (C=O) groups excluding carboxylic acids is 2. The minimum atomic E-state index is -0.642. The van der Waals surface area contributed by atoms with Gasteiger partial charge in [0.1, 0.15) is 17.2 Å². The topological polar surface area (TPSA) is 128 Å². The van der Waals surface area contributed by atoms with Crippen molar-refractivity contribution in [3.63, 3.8) is 0 Å². The van der Waals surface area contributed by atoms with Crippen molar-refractivity contribution in [1.82, 2.24) is 0 Å². The molecule has 0 aliphatic heterocycles. The molecule has 2 aromatic heterocycles. The normalized spacial score (nSPS) is 10.4. The maximum Gasteiger partial charge on any atom is 0.292 e. The molecule has 1 aromatic carbocycles. The van der Waals surface area contributed by atoms with E-state index in [4.69, 9.17) is 8.83 Å². The van der Waals surface area contributed by atoms with Gasteiger partial charge in [0.25, 0.3) is 17.5 Å². The number of amides is 2. The van der Waals surface area contributed by atoms with Crippen LogP contribution in [0, 0.1) is 24.0 Å². The van der Waals surface area contributed by atoms with Gasteiger partial charge >= 0.3 is 0 Å². The molecule has 0 fully saturated rings. The summed E-state index contributed by atoms with van der Waals surface area (Å²) < 4.78 is 10.4. The highest BCUT2D eigenvalue weighted by atomic mass is 16.6. The van der Waals surface area contributed by atoms with Gasteiger partial charge in [-0.15, -0.1) is 0 Å². The van der Waals surface area contributed by atoms with E-state index in [1.807, 2.05) is 0 Å². The molecular formula is C18H15N3O6. The summed E-state index contributed by atoms with van der Waals surface area (Å²) in [5.74, 6) is 0.0620. The van der Waals surface area contributed by atoms with Crippen LogP contribution in [0.2, 0.25) is 0 Å². The Morgan fingerprint density at radius 2 is 1.44 bits per heavy atom. The second kappa shape index (κ2) is 7.16. The third-order valence-electron chi connectivity index (χ3n) is 3.63. The molecule has 3 rings (SSSR count). The van der Waals surface area contributed by atoms with Crippen molar-refractivity contribution >= 4 is 28.9 Å². The standard InChI is InChI=1S/C18H15N3O6/c1-10-3-7-15(26-10)17(22)19-12-5-6-14(21(24)25)13(9-12)20-18(23)16-8-4-11(2)27-16/h3-9H,1-2H3,(H,19,22)(H,20,23). The average molecular weight is 369 g/mol. The van der Waals surface area contributed by atoms with E-state index in [0.29, 0.717) is 11.5 Å². The van der Waals surface area contributed by atoms with E-state index in [-0.39, 0.29) is 28.6 Å². The molecule has 2 heterocycles. The second-order valence-corrected chi connectivity index (χ2v) is 5.72. The summed E-state index contributed by atoms with van der Waals surface area (Å²) in [5.41, 5.74) is -0.142. The maximum absolute atomic E-state index is 12.2. The van der Waals surface area contributed by atoms with Gasteiger partial charge in [0, 0.05) is 11.8 Å². The van der Waals surface area contributed by atoms with Crippen LogP contribution in [0.3, 0.4) is 0 Å². The van der Waals surface area contributed by atoms with Crippen LogP contribution < -0.4 is 10.6 Å². The van der Waals surface area contributed by atoms with Gasteiger partial charge in [-0.1, -0.05) is 0 Å². The number of nitro benzene ring substituents is 1. The quantitative estimate of drug-likeness (QED) is 0.518. The van der Waals surface area contributed by atoms with Crippen LogP contribution in [-0.4, -0.2) is 16.7 Å². The summed E-state index contributed by atoms with van der Waals surface area (Å²) in [5, 5.41) is 16.2. The number of nitrogens with zero attached hydrogens (tertiary/aromatic N) is 1. The van der Waals surface area contributed by atoms with Crippen LogP contribution in [0.4, 0.5) is 17.1 Å². The molecule has 27 heavy (non-hydrogen) atoms. The first-order valence-corrected chi connectivity index (χ1v) is 7.87. The molecule has 0 unspecified atom stereocenters. The molecule has 0 aliphatic rings. The van der Waals surface area contributed by atoms with Crippen molar-refractivity contribution in [3.8, 4) is 0 Å². The van der Waals surface area contributed by atoms with E-state index >= 15 is 0 Å². The summed E-state index contributed by atoms with van der Waals surface area (Å²) >= 11 is 0. The van der Waals surface area contributed by atoms with E-state index in [9.17, 15) is 19.7 Å². The molecule has 3 aromatic rings. The van der Waals surface area contributed by atoms with Crippen molar-refractivity contribution < 1.29 is 23.3 Å². The highest BCUT2D eigenvalue weighted by Gasteiger charge is 2.20. The fourth-order valence-electron chi connectivity index (χ4n) is 2.36. The largest absolute Gasteiger partial charge is 0.456 e. The zero-order valence-electron chi connectivity index (χ0n) is 14.4. The van der Waals surface area contributed by atoms with Gasteiger partial charge in [-0.25, -0.2) is 0 Å². The van der Waals surface area contributed by atoms with Gasteiger partial charge in [0.2, 0.25) is 0 Å². The first-order chi connectivity index (χ1) is 12.8. The summed E-state index contributed by atoms with van der Waals surface area (Å²) in [6.07, 6.45) is 0. The smallest absolute Gasteiger partial charge is 0.292 e. The number of nitrogens with one attached hydrogen (secondary N) is 2. The minimum absolute atomic E-state index is 0.0160. The fourth-order valence-corrected chi connectivity index (χ4v) is 2.36. The van der Waals surface area contributed by atoms with E-state index in [2.05, 4.69) is 10.6 Å². The van der Waals surface area contributed by atoms with Gasteiger partial charge in [-0.05, 0) is 50.2 Å². The van der Waals surface area contributed by atoms with Crippen LogP contribution in [0.25, 0.3) is 0 Å². The predicted molar refractivity (Wildman–Crippen MR) is 95.9 cm³/mol. The summed E-state index contributed by atoms with van der Waals surface area (Å²) in [4.78, 5) is 35.0. The Bertz CT molecular complexity index is 1030. The van der Waals surface area contributed by atoms with Crippen molar-refractivity contribution in [2.24, 2.45) is 0 Å². The molecule has 0 radical (unpaired) electrons. The fraction of sp³-hybridized carbons (Fsp3) is 0.111. The van der Waals surface area contributed by atoms with Crippen molar-refractivity contribution in [2.75, 3.05) is 10.6 Å². The number of rotatable bonds is 5. The SMILES string of the molecule is Cc1ccc(C(=O)Nc2ccc([N+](=O)[O-])c(NC(=O)c3ccc(C)o3)c2)o1. The second-order valence-electron chi connectivity index (χ2n) is 5.72. The average Bonchev–Trinajstić information content (AvgIpc) is 3.23. The molecule has 0 bridgehead atoms. The third-order valence-corrected chi connectivity index (χ3v) is 3.63. The van der Waals surface area contributed by atoms with E-state index in [1.54, 1.807) is 26.0 Å². The Labute approximate surface area is 153 Å². The highest BCUT2D eigenvalue weighted by molar-refractivity contribution is 6.05. The summed E-state index contributed by atoms with van der Waals surface area (Å²) in [6.45, 7) is 3.37. The maximum atomic E-state index is 12.2. The summed E-state index contributed by atoms with van der Waals surface area (Å²) in [7, 11) is 0. The lowest BCUT2D eigenvalue weighted by atomic mass is 10.2. The Hall–Kier alpha value is -3.88. The number of furan rings is 2. The third kappa shape index (κ3) is 4.03. The molecule has 0 aliphatic carbocycles.